The van der Waals surface area contributed by atoms with E-state index in [1.54, 1.807) is 24.3 Å². The van der Waals surface area contributed by atoms with Gasteiger partial charge in [0, 0.05) is 11.3 Å². The maximum absolute atomic E-state index is 12.8. The predicted molar refractivity (Wildman–Crippen MR) is 101 cm³/mol. The van der Waals surface area contributed by atoms with Crippen molar-refractivity contribution in [1.29, 1.82) is 0 Å². The van der Waals surface area contributed by atoms with Crippen molar-refractivity contribution in [2.75, 3.05) is 17.2 Å². The Morgan fingerprint density at radius 1 is 1.25 bits per heavy atom. The number of amides is 2. The van der Waals surface area contributed by atoms with Crippen LogP contribution < -0.4 is 15.4 Å². The van der Waals surface area contributed by atoms with Gasteiger partial charge in [-0.3, -0.25) is 9.59 Å². The Morgan fingerprint density at radius 3 is 2.71 bits per heavy atom. The molecule has 0 fully saturated rings. The molecule has 0 spiro atoms. The molecule has 0 saturated heterocycles. The molecular formula is C19H17F3N2O3S. The van der Waals surface area contributed by atoms with Crippen LogP contribution in [0.25, 0.3) is 0 Å². The van der Waals surface area contributed by atoms with E-state index in [2.05, 4.69) is 10.6 Å². The second kappa shape index (κ2) is 8.14. The molecule has 9 heteroatoms. The lowest BCUT2D eigenvalue weighted by Crippen LogP contribution is -2.32. The van der Waals surface area contributed by atoms with E-state index in [-0.39, 0.29) is 12.1 Å². The molecule has 1 aliphatic heterocycles. The highest BCUT2D eigenvalue weighted by atomic mass is 32.2. The monoisotopic (exact) mass is 410 g/mol. The van der Waals surface area contributed by atoms with Gasteiger partial charge in [-0.25, -0.2) is 0 Å². The fourth-order valence-corrected chi connectivity index (χ4v) is 3.77. The van der Waals surface area contributed by atoms with E-state index in [0.717, 1.165) is 23.9 Å². The van der Waals surface area contributed by atoms with Gasteiger partial charge in [-0.15, -0.1) is 11.8 Å². The molecule has 3 rings (SSSR count). The zero-order valence-corrected chi connectivity index (χ0v) is 15.6. The third-order valence-corrected chi connectivity index (χ3v) is 5.23. The van der Waals surface area contributed by atoms with Crippen molar-refractivity contribution >= 4 is 35.0 Å². The standard InChI is InChI=1S/C19H17F3N2O3S/c1-2-27-14-6-4-3-5-12(14)23-17(25)10-16-18(26)24-13-9-11(19(20,21)22)7-8-15(13)28-16/h3-9,16H,2,10H2,1H3,(H,23,25)(H,24,26)/t16-/m0/s1. The number of hydrogen-bond donors (Lipinski definition) is 2. The molecule has 148 valence electrons. The maximum atomic E-state index is 12.8. The summed E-state index contributed by atoms with van der Waals surface area (Å²) in [6.45, 7) is 2.26. The molecule has 1 heterocycles. The first-order chi connectivity index (χ1) is 13.3. The van der Waals surface area contributed by atoms with Crippen LogP contribution in [-0.4, -0.2) is 23.7 Å². The highest BCUT2D eigenvalue weighted by molar-refractivity contribution is 8.01. The number of hydrogen-bond acceptors (Lipinski definition) is 4. The number of benzene rings is 2. The number of rotatable bonds is 5. The molecule has 0 aromatic heterocycles. The fraction of sp³-hybridized carbons (Fsp3) is 0.263. The van der Waals surface area contributed by atoms with Gasteiger partial charge < -0.3 is 15.4 Å². The van der Waals surface area contributed by atoms with Gasteiger partial charge in [0.05, 0.1) is 28.8 Å². The van der Waals surface area contributed by atoms with Gasteiger partial charge in [0.15, 0.2) is 0 Å². The second-order valence-electron chi connectivity index (χ2n) is 5.99. The lowest BCUT2D eigenvalue weighted by molar-refractivity contribution is -0.137. The Morgan fingerprint density at radius 2 is 2.00 bits per heavy atom. The van der Waals surface area contributed by atoms with E-state index in [1.165, 1.54) is 6.07 Å². The molecule has 1 aliphatic rings. The lowest BCUT2D eigenvalue weighted by atomic mass is 10.1. The van der Waals surface area contributed by atoms with E-state index in [1.807, 2.05) is 6.92 Å². The van der Waals surface area contributed by atoms with Crippen LogP contribution in [0.5, 0.6) is 5.75 Å². The van der Waals surface area contributed by atoms with Crippen molar-refractivity contribution in [3.63, 3.8) is 0 Å². The number of carbonyl (C=O) groups is 2. The molecular weight excluding hydrogens is 393 g/mol. The van der Waals surface area contributed by atoms with E-state index in [4.69, 9.17) is 4.74 Å². The molecule has 5 nitrogen and oxygen atoms in total. The van der Waals surface area contributed by atoms with Crippen LogP contribution in [0.1, 0.15) is 18.9 Å². The van der Waals surface area contributed by atoms with Crippen LogP contribution in [0.2, 0.25) is 0 Å². The number of halogens is 3. The molecule has 2 amide bonds. The predicted octanol–water partition coefficient (Wildman–Crippen LogP) is 4.55. The molecule has 2 aromatic rings. The third-order valence-electron chi connectivity index (χ3n) is 3.96. The van der Waals surface area contributed by atoms with E-state index >= 15 is 0 Å². The lowest BCUT2D eigenvalue weighted by Gasteiger charge is -2.24. The van der Waals surface area contributed by atoms with Crippen molar-refractivity contribution < 1.29 is 27.5 Å². The summed E-state index contributed by atoms with van der Waals surface area (Å²) in [5.74, 6) is -0.385. The SMILES string of the molecule is CCOc1ccccc1NC(=O)C[C@@H]1Sc2ccc(C(F)(F)F)cc2NC1=O. The Labute approximate surface area is 163 Å². The Hall–Kier alpha value is -2.68. The van der Waals surface area contributed by atoms with Crippen LogP contribution in [0.15, 0.2) is 47.4 Å². The van der Waals surface area contributed by atoms with Gasteiger partial charge in [-0.2, -0.15) is 13.2 Å². The van der Waals surface area contributed by atoms with Crippen LogP contribution in [-0.2, 0) is 15.8 Å². The summed E-state index contributed by atoms with van der Waals surface area (Å²) in [5, 5.41) is 4.42. The summed E-state index contributed by atoms with van der Waals surface area (Å²) >= 11 is 1.07. The number of alkyl halides is 3. The minimum absolute atomic E-state index is 0.100. The zero-order chi connectivity index (χ0) is 20.3. The number of ether oxygens (including phenoxy) is 1. The number of fused-ring (bicyclic) bond motifs is 1. The largest absolute Gasteiger partial charge is 0.492 e. The first kappa shape index (κ1) is 20.1. The summed E-state index contributed by atoms with van der Waals surface area (Å²) < 4.78 is 43.9. The second-order valence-corrected chi connectivity index (χ2v) is 7.23. The number of anilines is 2. The smallest absolute Gasteiger partial charge is 0.416 e. The first-order valence-corrected chi connectivity index (χ1v) is 9.36. The number of para-hydroxylation sites is 2. The van der Waals surface area contributed by atoms with Crippen LogP contribution in [0, 0.1) is 0 Å². The number of nitrogens with one attached hydrogen (secondary N) is 2. The topological polar surface area (TPSA) is 67.4 Å². The maximum Gasteiger partial charge on any atom is 0.416 e. The highest BCUT2D eigenvalue weighted by Crippen LogP contribution is 2.40. The summed E-state index contributed by atoms with van der Waals surface area (Å²) in [5.41, 5.74) is -0.246. The minimum atomic E-state index is -4.49. The minimum Gasteiger partial charge on any atom is -0.492 e. The average molecular weight is 410 g/mol. The number of thioether (sulfide) groups is 1. The average Bonchev–Trinajstić information content (AvgIpc) is 2.63. The fourth-order valence-electron chi connectivity index (χ4n) is 2.68. The Balaban J connectivity index is 1.69. The van der Waals surface area contributed by atoms with E-state index in [9.17, 15) is 22.8 Å². The molecule has 1 atom stereocenters. The van der Waals surface area contributed by atoms with Gasteiger partial charge in [0.1, 0.15) is 5.75 Å². The van der Waals surface area contributed by atoms with Crippen LogP contribution >= 0.6 is 11.8 Å². The highest BCUT2D eigenvalue weighted by Gasteiger charge is 2.34. The van der Waals surface area contributed by atoms with Gasteiger partial charge in [-0.1, -0.05) is 12.1 Å². The normalized spacial score (nSPS) is 16.1. The number of carbonyl (C=O) groups excluding carboxylic acids is 2. The van der Waals surface area contributed by atoms with Gasteiger partial charge in [-0.05, 0) is 37.3 Å². The molecule has 0 bridgehead atoms. The van der Waals surface area contributed by atoms with Gasteiger partial charge >= 0.3 is 6.18 Å². The van der Waals surface area contributed by atoms with Crippen molar-refractivity contribution in [3.8, 4) is 5.75 Å². The summed E-state index contributed by atoms with van der Waals surface area (Å²) in [6.07, 6.45) is -4.62. The first-order valence-electron chi connectivity index (χ1n) is 8.48. The molecule has 28 heavy (non-hydrogen) atoms. The third kappa shape index (κ3) is 4.59. The molecule has 0 unspecified atom stereocenters. The summed E-state index contributed by atoms with van der Waals surface area (Å²) in [4.78, 5) is 25.1. The van der Waals surface area contributed by atoms with Crippen molar-refractivity contribution in [1.82, 2.24) is 0 Å². The Kier molecular flexibility index (Phi) is 5.83. The molecule has 0 saturated carbocycles. The van der Waals surface area contributed by atoms with Crippen LogP contribution in [0.3, 0.4) is 0 Å². The van der Waals surface area contributed by atoms with Crippen molar-refractivity contribution in [2.24, 2.45) is 0 Å². The van der Waals surface area contributed by atoms with Crippen molar-refractivity contribution in [3.05, 3.63) is 48.0 Å². The molecule has 2 N–H and O–H groups in total. The quantitative estimate of drug-likeness (QED) is 0.759. The van der Waals surface area contributed by atoms with E-state index < -0.39 is 28.8 Å². The van der Waals surface area contributed by atoms with Crippen LogP contribution in [0.4, 0.5) is 24.5 Å². The van der Waals surface area contributed by atoms with E-state index in [0.29, 0.717) is 22.9 Å². The Bertz CT molecular complexity index is 902. The molecule has 0 radical (unpaired) electrons. The molecule has 0 aliphatic carbocycles. The van der Waals surface area contributed by atoms with Gasteiger partial charge in [0.2, 0.25) is 11.8 Å². The summed E-state index contributed by atoms with van der Waals surface area (Å²) in [7, 11) is 0. The van der Waals surface area contributed by atoms with Gasteiger partial charge in [0.25, 0.3) is 0 Å². The summed E-state index contributed by atoms with van der Waals surface area (Å²) in [6, 6.07) is 10.1. The molecule has 2 aromatic carbocycles. The zero-order valence-electron chi connectivity index (χ0n) is 14.8. The van der Waals surface area contributed by atoms with Crippen molar-refractivity contribution in [2.45, 2.75) is 29.7 Å².